The molecule has 0 aliphatic heterocycles. The van der Waals surface area contributed by atoms with Crippen molar-refractivity contribution in [2.75, 3.05) is 13.7 Å². The molecule has 0 saturated carbocycles. The first-order valence-electron chi connectivity index (χ1n) is 9.57. The third-order valence-corrected chi connectivity index (χ3v) is 10.0. The number of benzene rings is 2. The van der Waals surface area contributed by atoms with E-state index < -0.39 is 20.3 Å². The molecule has 1 N–H and O–H groups in total. The van der Waals surface area contributed by atoms with Gasteiger partial charge >= 0.3 is 5.97 Å². The second kappa shape index (κ2) is 8.88. The fraction of sp³-hybridized carbons (Fsp3) is 0.455. The highest BCUT2D eigenvalue weighted by Crippen LogP contribution is 2.36. The van der Waals surface area contributed by atoms with Gasteiger partial charge in [0.2, 0.25) is 0 Å². The number of rotatable bonds is 7. The molecule has 0 fully saturated rings. The van der Waals surface area contributed by atoms with Crippen molar-refractivity contribution in [3.05, 3.63) is 48.0 Å². The molecule has 0 saturated heterocycles. The molecule has 152 valence electrons. The van der Waals surface area contributed by atoms with Crippen molar-refractivity contribution in [1.82, 2.24) is 5.32 Å². The predicted molar refractivity (Wildman–Crippen MR) is 115 cm³/mol. The van der Waals surface area contributed by atoms with Crippen molar-refractivity contribution >= 4 is 31.0 Å². The highest BCUT2D eigenvalue weighted by molar-refractivity contribution is 6.74. The van der Waals surface area contributed by atoms with Gasteiger partial charge in [-0.15, -0.1) is 0 Å². The number of ether oxygens (including phenoxy) is 1. The zero-order chi connectivity index (χ0) is 20.9. The van der Waals surface area contributed by atoms with Crippen LogP contribution in [0.3, 0.4) is 0 Å². The summed E-state index contributed by atoms with van der Waals surface area (Å²) in [4.78, 5) is 25.1. The molecule has 0 aliphatic carbocycles. The van der Waals surface area contributed by atoms with Crippen molar-refractivity contribution < 1.29 is 18.8 Å². The van der Waals surface area contributed by atoms with E-state index in [1.165, 1.54) is 7.11 Å². The van der Waals surface area contributed by atoms with Gasteiger partial charge in [0.15, 0.2) is 8.32 Å². The van der Waals surface area contributed by atoms with E-state index in [0.717, 1.165) is 10.8 Å². The maximum absolute atomic E-state index is 12.9. The van der Waals surface area contributed by atoms with Crippen molar-refractivity contribution in [3.8, 4) is 0 Å². The molecule has 2 aromatic carbocycles. The first-order chi connectivity index (χ1) is 13.1. The van der Waals surface area contributed by atoms with Crippen LogP contribution in [0, 0.1) is 0 Å². The topological polar surface area (TPSA) is 64.6 Å². The standard InChI is InChI=1S/C22H31NO4Si/c1-22(2,3)28(5,6)27-15-14-19(21(25)26-4)23-20(24)18-13-9-11-16-10-7-8-12-17(16)18/h7-13,19H,14-15H2,1-6H3,(H,23,24)/t19-/m1/s1. The van der Waals surface area contributed by atoms with Gasteiger partial charge < -0.3 is 14.5 Å². The largest absolute Gasteiger partial charge is 0.467 e. The number of amides is 1. The molecule has 0 aliphatic rings. The Hall–Kier alpha value is -2.18. The molecule has 0 bridgehead atoms. The van der Waals surface area contributed by atoms with E-state index in [4.69, 9.17) is 9.16 Å². The van der Waals surface area contributed by atoms with Gasteiger partial charge in [-0.3, -0.25) is 4.79 Å². The van der Waals surface area contributed by atoms with Gasteiger partial charge in [0.25, 0.3) is 5.91 Å². The van der Waals surface area contributed by atoms with Crippen LogP contribution in [-0.4, -0.2) is 40.0 Å². The lowest BCUT2D eigenvalue weighted by atomic mass is 10.0. The minimum atomic E-state index is -1.92. The third-order valence-electron chi connectivity index (χ3n) is 5.50. The molecule has 1 atom stereocenters. The monoisotopic (exact) mass is 401 g/mol. The normalized spacial score (nSPS) is 13.2. The van der Waals surface area contributed by atoms with E-state index in [2.05, 4.69) is 39.2 Å². The van der Waals surface area contributed by atoms with Crippen LogP contribution in [0.5, 0.6) is 0 Å². The van der Waals surface area contributed by atoms with Crippen molar-refractivity contribution in [1.29, 1.82) is 0 Å². The fourth-order valence-corrected chi connectivity index (χ4v) is 3.76. The number of carbonyl (C=O) groups is 2. The molecular weight excluding hydrogens is 370 g/mol. The number of methoxy groups -OCH3 is 1. The maximum Gasteiger partial charge on any atom is 0.328 e. The van der Waals surface area contributed by atoms with Gasteiger partial charge in [-0.25, -0.2) is 4.79 Å². The van der Waals surface area contributed by atoms with Crippen molar-refractivity contribution in [3.63, 3.8) is 0 Å². The SMILES string of the molecule is COC(=O)[C@@H](CCO[Si](C)(C)C(C)(C)C)NC(=O)c1cccc2ccccc12. The molecule has 5 nitrogen and oxygen atoms in total. The van der Waals surface area contributed by atoms with Gasteiger partial charge in [0.1, 0.15) is 6.04 Å². The Kier molecular flexibility index (Phi) is 7.01. The molecule has 1 amide bonds. The van der Waals surface area contributed by atoms with Crippen LogP contribution in [0.2, 0.25) is 18.1 Å². The Bertz CT molecular complexity index is 837. The number of hydrogen-bond donors (Lipinski definition) is 1. The van der Waals surface area contributed by atoms with Crippen LogP contribution in [0.15, 0.2) is 42.5 Å². The number of nitrogens with one attached hydrogen (secondary N) is 1. The van der Waals surface area contributed by atoms with Crippen LogP contribution in [0.25, 0.3) is 10.8 Å². The minimum Gasteiger partial charge on any atom is -0.467 e. The van der Waals surface area contributed by atoms with Crippen LogP contribution in [0.1, 0.15) is 37.6 Å². The number of hydrogen-bond acceptors (Lipinski definition) is 4. The molecule has 0 radical (unpaired) electrons. The molecule has 28 heavy (non-hydrogen) atoms. The molecule has 6 heteroatoms. The number of carbonyl (C=O) groups excluding carboxylic acids is 2. The predicted octanol–water partition coefficient (Wildman–Crippen LogP) is 4.52. The van der Waals surface area contributed by atoms with E-state index in [0.29, 0.717) is 18.6 Å². The Morgan fingerprint density at radius 3 is 2.36 bits per heavy atom. The summed E-state index contributed by atoms with van der Waals surface area (Å²) >= 11 is 0. The molecule has 2 aromatic rings. The summed E-state index contributed by atoms with van der Waals surface area (Å²) in [5.41, 5.74) is 0.539. The molecule has 0 unspecified atom stereocenters. The molecular formula is C22H31NO4Si. The first kappa shape index (κ1) is 22.1. The van der Waals surface area contributed by atoms with Gasteiger partial charge in [-0.05, 0) is 35.0 Å². The van der Waals surface area contributed by atoms with Crippen molar-refractivity contribution in [2.24, 2.45) is 0 Å². The summed E-state index contributed by atoms with van der Waals surface area (Å²) in [6.07, 6.45) is 0.371. The first-order valence-corrected chi connectivity index (χ1v) is 12.5. The lowest BCUT2D eigenvalue weighted by Crippen LogP contribution is -2.45. The summed E-state index contributed by atoms with van der Waals surface area (Å²) in [5, 5.41) is 4.73. The zero-order valence-electron chi connectivity index (χ0n) is 17.7. The smallest absolute Gasteiger partial charge is 0.328 e. The van der Waals surface area contributed by atoms with Gasteiger partial charge in [-0.2, -0.15) is 0 Å². The lowest BCUT2D eigenvalue weighted by Gasteiger charge is -2.36. The van der Waals surface area contributed by atoms with E-state index in [1.54, 1.807) is 6.07 Å². The Labute approximate surface area is 168 Å². The van der Waals surface area contributed by atoms with E-state index >= 15 is 0 Å². The van der Waals surface area contributed by atoms with E-state index in [-0.39, 0.29) is 10.9 Å². The summed E-state index contributed by atoms with van der Waals surface area (Å²) < 4.78 is 11.0. The second-order valence-electron chi connectivity index (χ2n) is 8.47. The number of esters is 1. The van der Waals surface area contributed by atoms with Crippen LogP contribution in [-0.2, 0) is 14.0 Å². The van der Waals surface area contributed by atoms with Gasteiger partial charge in [-0.1, -0.05) is 57.2 Å². The Morgan fingerprint density at radius 1 is 1.07 bits per heavy atom. The highest BCUT2D eigenvalue weighted by Gasteiger charge is 2.37. The van der Waals surface area contributed by atoms with Crippen molar-refractivity contribution in [2.45, 2.75) is 51.4 Å². The zero-order valence-corrected chi connectivity index (χ0v) is 18.7. The minimum absolute atomic E-state index is 0.0833. The highest BCUT2D eigenvalue weighted by atomic mass is 28.4. The quantitative estimate of drug-likeness (QED) is 0.547. The average molecular weight is 402 g/mol. The molecule has 0 aromatic heterocycles. The Morgan fingerprint density at radius 2 is 1.71 bits per heavy atom. The average Bonchev–Trinajstić information content (AvgIpc) is 2.65. The molecule has 0 heterocycles. The fourth-order valence-electron chi connectivity index (χ4n) is 2.70. The third kappa shape index (κ3) is 5.20. The van der Waals surface area contributed by atoms with Gasteiger partial charge in [0.05, 0.1) is 7.11 Å². The molecule has 2 rings (SSSR count). The lowest BCUT2D eigenvalue weighted by molar-refractivity contribution is -0.143. The summed E-state index contributed by atoms with van der Waals surface area (Å²) in [6.45, 7) is 11.2. The van der Waals surface area contributed by atoms with Gasteiger partial charge in [0, 0.05) is 18.6 Å². The summed E-state index contributed by atoms with van der Waals surface area (Å²) in [5.74, 6) is -0.757. The maximum atomic E-state index is 12.9. The Balaban J connectivity index is 2.11. The molecule has 0 spiro atoms. The van der Waals surface area contributed by atoms with Crippen LogP contribution >= 0.6 is 0 Å². The second-order valence-corrected chi connectivity index (χ2v) is 13.3. The van der Waals surface area contributed by atoms with E-state index in [9.17, 15) is 9.59 Å². The van der Waals surface area contributed by atoms with Crippen LogP contribution < -0.4 is 5.32 Å². The summed E-state index contributed by atoms with van der Waals surface area (Å²) in [6, 6.07) is 12.5. The number of fused-ring (bicyclic) bond motifs is 1. The van der Waals surface area contributed by atoms with Crippen LogP contribution in [0.4, 0.5) is 0 Å². The summed E-state index contributed by atoms with van der Waals surface area (Å²) in [7, 11) is -0.594. The van der Waals surface area contributed by atoms with E-state index in [1.807, 2.05) is 36.4 Å².